The summed E-state index contributed by atoms with van der Waals surface area (Å²) >= 11 is 0. The smallest absolute Gasteiger partial charge is 0.241 e. The minimum atomic E-state index is -0.212. The number of nitrogens with zero attached hydrogens (tertiary/aromatic N) is 1. The second-order valence-corrected chi connectivity index (χ2v) is 7.26. The average molecular weight is 304 g/mol. The maximum absolute atomic E-state index is 12.4. The van der Waals surface area contributed by atoms with Crippen LogP contribution in [0.1, 0.15) is 46.1 Å². The van der Waals surface area contributed by atoms with Crippen molar-refractivity contribution < 1.29 is 9.90 Å². The van der Waals surface area contributed by atoms with Crippen LogP contribution in [0.25, 0.3) is 0 Å². The quantitative estimate of drug-likeness (QED) is 0.903. The van der Waals surface area contributed by atoms with Crippen molar-refractivity contribution >= 4 is 11.6 Å². The van der Waals surface area contributed by atoms with E-state index in [0.29, 0.717) is 0 Å². The van der Waals surface area contributed by atoms with Crippen molar-refractivity contribution in [1.29, 1.82) is 0 Å². The molecule has 122 valence electrons. The van der Waals surface area contributed by atoms with Gasteiger partial charge in [-0.15, -0.1) is 0 Å². The summed E-state index contributed by atoms with van der Waals surface area (Å²) in [5.41, 5.74) is 2.20. The van der Waals surface area contributed by atoms with Crippen molar-refractivity contribution in [2.45, 2.75) is 58.1 Å². The van der Waals surface area contributed by atoms with E-state index >= 15 is 0 Å². The number of aliphatic hydroxyl groups excluding tert-OH is 1. The van der Waals surface area contributed by atoms with E-state index in [1.165, 1.54) is 5.56 Å². The number of anilines is 1. The molecule has 1 aromatic rings. The van der Waals surface area contributed by atoms with Gasteiger partial charge in [-0.25, -0.2) is 0 Å². The Bertz CT molecular complexity index is 497. The van der Waals surface area contributed by atoms with Crippen LogP contribution in [0.2, 0.25) is 0 Å². The molecule has 22 heavy (non-hydrogen) atoms. The van der Waals surface area contributed by atoms with Gasteiger partial charge in [0.05, 0.1) is 12.1 Å². The van der Waals surface area contributed by atoms with Gasteiger partial charge in [0.25, 0.3) is 0 Å². The Morgan fingerprint density at radius 2 is 1.77 bits per heavy atom. The molecule has 2 N–H and O–H groups in total. The van der Waals surface area contributed by atoms with Gasteiger partial charge in [-0.05, 0) is 42.9 Å². The molecule has 1 fully saturated rings. The van der Waals surface area contributed by atoms with Crippen LogP contribution in [-0.2, 0) is 10.2 Å². The van der Waals surface area contributed by atoms with Crippen molar-refractivity contribution in [3.8, 4) is 0 Å². The number of hydrogen-bond acceptors (Lipinski definition) is 3. The lowest BCUT2D eigenvalue weighted by molar-refractivity contribution is -0.121. The highest BCUT2D eigenvalue weighted by Crippen LogP contribution is 2.23. The number of likely N-dealkylation sites (tertiary alicyclic amines) is 1. The fraction of sp³-hybridized carbons (Fsp3) is 0.611. The standard InChI is InChI=1S/C18H28N2O2/c1-13(20-11-9-16(21)10-12-20)17(22)19-15-7-5-14(6-8-15)18(2,3)4/h5-8,13,16,21H,9-12H2,1-4H3,(H,19,22)/t13-/m0/s1. The Kier molecular flexibility index (Phi) is 5.24. The number of rotatable bonds is 3. The van der Waals surface area contributed by atoms with Gasteiger partial charge in [0, 0.05) is 18.8 Å². The monoisotopic (exact) mass is 304 g/mol. The molecular weight excluding hydrogens is 276 g/mol. The highest BCUT2D eigenvalue weighted by atomic mass is 16.3. The van der Waals surface area contributed by atoms with Gasteiger partial charge in [-0.1, -0.05) is 32.9 Å². The van der Waals surface area contributed by atoms with Gasteiger partial charge >= 0.3 is 0 Å². The number of benzene rings is 1. The lowest BCUT2D eigenvalue weighted by Crippen LogP contribution is -2.47. The van der Waals surface area contributed by atoms with E-state index in [1.807, 2.05) is 19.1 Å². The first-order valence-electron chi connectivity index (χ1n) is 8.11. The molecule has 2 rings (SSSR count). The van der Waals surface area contributed by atoms with E-state index in [-0.39, 0.29) is 23.5 Å². The van der Waals surface area contributed by atoms with E-state index < -0.39 is 0 Å². The van der Waals surface area contributed by atoms with Gasteiger partial charge in [-0.3, -0.25) is 9.69 Å². The second kappa shape index (κ2) is 6.80. The van der Waals surface area contributed by atoms with Crippen molar-refractivity contribution in [3.05, 3.63) is 29.8 Å². The third-order valence-electron chi connectivity index (χ3n) is 4.44. The van der Waals surface area contributed by atoms with Crippen molar-refractivity contribution in [2.24, 2.45) is 0 Å². The van der Waals surface area contributed by atoms with E-state index in [4.69, 9.17) is 0 Å². The fourth-order valence-electron chi connectivity index (χ4n) is 2.74. The molecule has 1 atom stereocenters. The highest BCUT2D eigenvalue weighted by Gasteiger charge is 2.25. The molecule has 0 aromatic heterocycles. The Hall–Kier alpha value is -1.39. The molecule has 0 aliphatic carbocycles. The highest BCUT2D eigenvalue weighted by molar-refractivity contribution is 5.94. The molecule has 0 radical (unpaired) electrons. The molecule has 1 aliphatic heterocycles. The number of aliphatic hydroxyl groups is 1. The molecule has 1 saturated heterocycles. The summed E-state index contributed by atoms with van der Waals surface area (Å²) in [7, 11) is 0. The Labute approximate surface area is 133 Å². The minimum absolute atomic E-state index is 0.0138. The van der Waals surface area contributed by atoms with Crippen LogP contribution in [0.5, 0.6) is 0 Å². The predicted molar refractivity (Wildman–Crippen MR) is 90.0 cm³/mol. The SMILES string of the molecule is C[C@@H](C(=O)Nc1ccc(C(C)(C)C)cc1)N1CCC(O)CC1. The van der Waals surface area contributed by atoms with Crippen LogP contribution in [0, 0.1) is 0 Å². The third kappa shape index (κ3) is 4.31. The molecule has 1 heterocycles. The summed E-state index contributed by atoms with van der Waals surface area (Å²) in [4.78, 5) is 14.5. The van der Waals surface area contributed by atoms with Gasteiger partial charge < -0.3 is 10.4 Å². The molecule has 0 bridgehead atoms. The molecule has 1 aliphatic rings. The zero-order chi connectivity index (χ0) is 16.3. The van der Waals surface area contributed by atoms with Gasteiger partial charge in [-0.2, -0.15) is 0 Å². The summed E-state index contributed by atoms with van der Waals surface area (Å²) in [6.45, 7) is 10.0. The molecule has 4 heteroatoms. The number of carbonyl (C=O) groups is 1. The van der Waals surface area contributed by atoms with Crippen LogP contribution in [0.15, 0.2) is 24.3 Å². The Morgan fingerprint density at radius 3 is 2.27 bits per heavy atom. The van der Waals surface area contributed by atoms with Crippen LogP contribution >= 0.6 is 0 Å². The summed E-state index contributed by atoms with van der Waals surface area (Å²) < 4.78 is 0. The molecule has 0 unspecified atom stereocenters. The van der Waals surface area contributed by atoms with E-state index in [1.54, 1.807) is 0 Å². The number of amides is 1. The van der Waals surface area contributed by atoms with Gasteiger partial charge in [0.1, 0.15) is 0 Å². The summed E-state index contributed by atoms with van der Waals surface area (Å²) in [5, 5.41) is 12.5. The maximum atomic E-state index is 12.4. The maximum Gasteiger partial charge on any atom is 0.241 e. The minimum Gasteiger partial charge on any atom is -0.393 e. The Morgan fingerprint density at radius 1 is 1.23 bits per heavy atom. The lowest BCUT2D eigenvalue weighted by Gasteiger charge is -2.33. The number of carbonyl (C=O) groups excluding carboxylic acids is 1. The molecule has 4 nitrogen and oxygen atoms in total. The van der Waals surface area contributed by atoms with Crippen molar-refractivity contribution in [2.75, 3.05) is 18.4 Å². The van der Waals surface area contributed by atoms with Crippen molar-refractivity contribution in [1.82, 2.24) is 4.90 Å². The second-order valence-electron chi connectivity index (χ2n) is 7.26. The number of nitrogens with one attached hydrogen (secondary N) is 1. The summed E-state index contributed by atoms with van der Waals surface area (Å²) in [5.74, 6) is 0.0138. The molecule has 1 aromatic carbocycles. The van der Waals surface area contributed by atoms with E-state index in [9.17, 15) is 9.90 Å². The fourth-order valence-corrected chi connectivity index (χ4v) is 2.74. The Balaban J connectivity index is 1.94. The van der Waals surface area contributed by atoms with Crippen molar-refractivity contribution in [3.63, 3.8) is 0 Å². The topological polar surface area (TPSA) is 52.6 Å². The largest absolute Gasteiger partial charge is 0.393 e. The van der Waals surface area contributed by atoms with Crippen LogP contribution < -0.4 is 5.32 Å². The zero-order valence-electron chi connectivity index (χ0n) is 14.1. The molecule has 0 saturated carbocycles. The average Bonchev–Trinajstić information content (AvgIpc) is 2.47. The number of hydrogen-bond donors (Lipinski definition) is 2. The summed E-state index contributed by atoms with van der Waals surface area (Å²) in [6, 6.07) is 7.89. The number of piperidine rings is 1. The predicted octanol–water partition coefficient (Wildman–Crippen LogP) is 2.77. The van der Waals surface area contributed by atoms with Crippen LogP contribution in [-0.4, -0.2) is 41.1 Å². The first-order valence-corrected chi connectivity index (χ1v) is 8.11. The van der Waals surface area contributed by atoms with Gasteiger partial charge in [0.15, 0.2) is 0 Å². The van der Waals surface area contributed by atoms with E-state index in [2.05, 4.69) is 43.1 Å². The first kappa shape index (κ1) is 17.0. The third-order valence-corrected chi connectivity index (χ3v) is 4.44. The van der Waals surface area contributed by atoms with Crippen LogP contribution in [0.3, 0.4) is 0 Å². The first-order chi connectivity index (χ1) is 10.3. The zero-order valence-corrected chi connectivity index (χ0v) is 14.1. The lowest BCUT2D eigenvalue weighted by atomic mass is 9.87. The van der Waals surface area contributed by atoms with E-state index in [0.717, 1.165) is 31.6 Å². The molecule has 0 spiro atoms. The molecular formula is C18H28N2O2. The van der Waals surface area contributed by atoms with Gasteiger partial charge in [0.2, 0.25) is 5.91 Å². The van der Waals surface area contributed by atoms with Crippen LogP contribution in [0.4, 0.5) is 5.69 Å². The molecule has 1 amide bonds. The normalized spacial score (nSPS) is 19.0. The summed E-state index contributed by atoms with van der Waals surface area (Å²) in [6.07, 6.45) is 1.28.